The largest absolute Gasteiger partial charge is 0.396 e. The van der Waals surface area contributed by atoms with E-state index in [0.717, 1.165) is 11.3 Å². The zero-order valence-electron chi connectivity index (χ0n) is 9.65. The number of nitrogens with zero attached hydrogens (tertiary/aromatic N) is 3. The highest BCUT2D eigenvalue weighted by Gasteiger charge is 2.09. The van der Waals surface area contributed by atoms with E-state index >= 15 is 0 Å². The van der Waals surface area contributed by atoms with E-state index in [-0.39, 0.29) is 0 Å². The number of hydrogen-bond acceptors (Lipinski definition) is 3. The first kappa shape index (κ1) is 11.3. The molecule has 0 fully saturated rings. The summed E-state index contributed by atoms with van der Waals surface area (Å²) in [7, 11) is 7.87. The average Bonchev–Trinajstić information content (AvgIpc) is 2.48. The standard InChI is InChI=1S/C10H18N5/c1-14(2)6-8(7-15(3)4)10-9(11)5-12-13-10/h5-7H,11H2,1-4H3,(H,12,13)/q+1. The minimum atomic E-state index is 0.654. The minimum Gasteiger partial charge on any atom is -0.396 e. The molecule has 0 aliphatic heterocycles. The van der Waals surface area contributed by atoms with Crippen LogP contribution < -0.4 is 5.73 Å². The van der Waals surface area contributed by atoms with Gasteiger partial charge in [-0.2, -0.15) is 5.10 Å². The number of nitrogens with two attached hydrogens (primary N) is 1. The highest BCUT2D eigenvalue weighted by molar-refractivity contribution is 6.08. The molecular weight excluding hydrogens is 190 g/mol. The fraction of sp³-hybridized carbons (Fsp3) is 0.400. The fourth-order valence-corrected chi connectivity index (χ4v) is 1.25. The van der Waals surface area contributed by atoms with Crippen molar-refractivity contribution in [3.8, 4) is 0 Å². The highest BCUT2D eigenvalue weighted by atomic mass is 15.1. The Bertz CT molecular complexity index is 382. The third-order valence-corrected chi connectivity index (χ3v) is 1.75. The van der Waals surface area contributed by atoms with Crippen LogP contribution in [-0.4, -0.2) is 54.1 Å². The molecule has 0 spiro atoms. The van der Waals surface area contributed by atoms with Gasteiger partial charge in [0.2, 0.25) is 0 Å². The average molecular weight is 208 g/mol. The van der Waals surface area contributed by atoms with Crippen molar-refractivity contribution >= 4 is 17.5 Å². The monoisotopic (exact) mass is 208 g/mol. The van der Waals surface area contributed by atoms with Crippen LogP contribution >= 0.6 is 0 Å². The minimum absolute atomic E-state index is 0.654. The molecular formula is C10H18N5+. The number of aromatic amines is 1. The molecule has 1 aromatic heterocycles. The lowest BCUT2D eigenvalue weighted by molar-refractivity contribution is -0.458. The molecule has 0 aliphatic rings. The zero-order chi connectivity index (χ0) is 11.4. The van der Waals surface area contributed by atoms with Crippen LogP contribution in [0.5, 0.6) is 0 Å². The maximum Gasteiger partial charge on any atom is 0.173 e. The van der Waals surface area contributed by atoms with E-state index in [1.54, 1.807) is 6.20 Å². The van der Waals surface area contributed by atoms with Gasteiger partial charge in [0.25, 0.3) is 0 Å². The predicted molar refractivity (Wildman–Crippen MR) is 62.8 cm³/mol. The molecule has 0 atom stereocenters. The van der Waals surface area contributed by atoms with Gasteiger partial charge in [-0.25, -0.2) is 4.58 Å². The molecule has 1 heterocycles. The Kier molecular flexibility index (Phi) is 3.49. The summed E-state index contributed by atoms with van der Waals surface area (Å²) in [6.45, 7) is 0. The van der Waals surface area contributed by atoms with Crippen molar-refractivity contribution in [2.45, 2.75) is 0 Å². The molecule has 1 rings (SSSR count). The summed E-state index contributed by atoms with van der Waals surface area (Å²) >= 11 is 0. The van der Waals surface area contributed by atoms with Crippen LogP contribution in [0.4, 0.5) is 5.69 Å². The van der Waals surface area contributed by atoms with Crippen molar-refractivity contribution in [3.05, 3.63) is 18.1 Å². The third kappa shape index (κ3) is 3.12. The molecule has 82 valence electrons. The normalized spacial score (nSPS) is 11.3. The molecule has 3 N–H and O–H groups in total. The van der Waals surface area contributed by atoms with Gasteiger partial charge in [0.05, 0.1) is 23.2 Å². The van der Waals surface area contributed by atoms with E-state index in [1.807, 2.05) is 50.1 Å². The van der Waals surface area contributed by atoms with Crippen molar-refractivity contribution in [2.75, 3.05) is 33.9 Å². The summed E-state index contributed by atoms with van der Waals surface area (Å²) in [6, 6.07) is 0. The number of nitrogens with one attached hydrogen (secondary N) is 1. The first-order valence-electron chi connectivity index (χ1n) is 4.69. The van der Waals surface area contributed by atoms with Crippen molar-refractivity contribution in [1.29, 1.82) is 0 Å². The second-order valence-electron chi connectivity index (χ2n) is 3.84. The summed E-state index contributed by atoms with van der Waals surface area (Å²) < 4.78 is 1.97. The van der Waals surface area contributed by atoms with Crippen LogP contribution in [0.3, 0.4) is 0 Å². The van der Waals surface area contributed by atoms with Gasteiger partial charge in [0.15, 0.2) is 6.21 Å². The second-order valence-corrected chi connectivity index (χ2v) is 3.84. The molecule has 0 amide bonds. The Balaban J connectivity index is 3.13. The molecule has 0 saturated heterocycles. The van der Waals surface area contributed by atoms with E-state index in [0.29, 0.717) is 5.69 Å². The number of anilines is 1. The van der Waals surface area contributed by atoms with Crippen LogP contribution in [0.1, 0.15) is 5.69 Å². The molecule has 0 unspecified atom stereocenters. The van der Waals surface area contributed by atoms with Crippen LogP contribution in [0.2, 0.25) is 0 Å². The molecule has 5 nitrogen and oxygen atoms in total. The Labute approximate surface area is 89.9 Å². The van der Waals surface area contributed by atoms with Crippen molar-refractivity contribution in [1.82, 2.24) is 15.1 Å². The molecule has 0 radical (unpaired) electrons. The van der Waals surface area contributed by atoms with Gasteiger partial charge >= 0.3 is 0 Å². The van der Waals surface area contributed by atoms with E-state index in [9.17, 15) is 0 Å². The zero-order valence-corrected chi connectivity index (χ0v) is 9.65. The molecule has 0 aromatic carbocycles. The van der Waals surface area contributed by atoms with Gasteiger partial charge in [0.1, 0.15) is 14.1 Å². The molecule has 0 saturated carbocycles. The second kappa shape index (κ2) is 4.63. The number of allylic oxidation sites excluding steroid dienone is 1. The molecule has 1 aromatic rings. The van der Waals surface area contributed by atoms with Crippen molar-refractivity contribution in [3.63, 3.8) is 0 Å². The summed E-state index contributed by atoms with van der Waals surface area (Å²) in [5, 5.41) is 6.80. The first-order valence-corrected chi connectivity index (χ1v) is 4.69. The third-order valence-electron chi connectivity index (χ3n) is 1.75. The quantitative estimate of drug-likeness (QED) is 0.552. The fourth-order valence-electron chi connectivity index (χ4n) is 1.25. The van der Waals surface area contributed by atoms with Crippen LogP contribution in [0.15, 0.2) is 12.4 Å². The van der Waals surface area contributed by atoms with Crippen LogP contribution in [-0.2, 0) is 0 Å². The van der Waals surface area contributed by atoms with E-state index in [4.69, 9.17) is 5.73 Å². The Hall–Kier alpha value is -1.78. The van der Waals surface area contributed by atoms with E-state index in [1.165, 1.54) is 0 Å². The van der Waals surface area contributed by atoms with Gasteiger partial charge in [0, 0.05) is 20.3 Å². The van der Waals surface area contributed by atoms with Gasteiger partial charge in [-0.3, -0.25) is 5.10 Å². The number of rotatable bonds is 3. The molecule has 15 heavy (non-hydrogen) atoms. The van der Waals surface area contributed by atoms with Gasteiger partial charge in [-0.15, -0.1) is 0 Å². The van der Waals surface area contributed by atoms with Crippen LogP contribution in [0, 0.1) is 0 Å². The number of H-pyrrole nitrogens is 1. The van der Waals surface area contributed by atoms with Gasteiger partial charge < -0.3 is 10.6 Å². The van der Waals surface area contributed by atoms with Gasteiger partial charge in [-0.1, -0.05) is 0 Å². The number of hydrogen-bond donors (Lipinski definition) is 2. The Morgan fingerprint density at radius 3 is 2.60 bits per heavy atom. The maximum absolute atomic E-state index is 5.80. The maximum atomic E-state index is 5.80. The highest BCUT2D eigenvalue weighted by Crippen LogP contribution is 2.16. The summed E-state index contributed by atoms with van der Waals surface area (Å²) in [6.07, 6.45) is 5.59. The lowest BCUT2D eigenvalue weighted by Gasteiger charge is -2.06. The smallest absolute Gasteiger partial charge is 0.173 e. The summed E-state index contributed by atoms with van der Waals surface area (Å²) in [4.78, 5) is 1.97. The number of nitrogen functional groups attached to an aromatic ring is 1. The predicted octanol–water partition coefficient (Wildman–Crippen LogP) is 0.237. The molecule has 0 bridgehead atoms. The topological polar surface area (TPSA) is 61.0 Å². The van der Waals surface area contributed by atoms with E-state index < -0.39 is 0 Å². The van der Waals surface area contributed by atoms with Crippen molar-refractivity contribution in [2.24, 2.45) is 0 Å². The molecule has 5 heteroatoms. The SMILES string of the molecule is CN(C)/C=C(/C=[N+](C)C)c1[nH]ncc1N. The Morgan fingerprint density at radius 2 is 2.20 bits per heavy atom. The lowest BCUT2D eigenvalue weighted by atomic mass is 10.2. The van der Waals surface area contributed by atoms with E-state index in [2.05, 4.69) is 10.2 Å². The lowest BCUT2D eigenvalue weighted by Crippen LogP contribution is -2.08. The number of aromatic nitrogens is 2. The first-order chi connectivity index (χ1) is 7.00. The summed E-state index contributed by atoms with van der Waals surface area (Å²) in [5.41, 5.74) is 8.30. The van der Waals surface area contributed by atoms with Crippen LogP contribution in [0.25, 0.3) is 5.57 Å². The van der Waals surface area contributed by atoms with Gasteiger partial charge in [-0.05, 0) is 0 Å². The Morgan fingerprint density at radius 1 is 1.53 bits per heavy atom. The summed E-state index contributed by atoms with van der Waals surface area (Å²) in [5.74, 6) is 0. The molecule has 0 aliphatic carbocycles. The van der Waals surface area contributed by atoms with Crippen molar-refractivity contribution < 1.29 is 4.58 Å².